The minimum atomic E-state index is -0.964. The Balaban J connectivity index is 2.08. The summed E-state index contributed by atoms with van der Waals surface area (Å²) in [5.74, 6) is -1.48. The molecule has 0 aliphatic heterocycles. The third-order valence-corrected chi connectivity index (χ3v) is 3.03. The standard InChI is InChI=1S/C17H16F2O2/c1-2-10-21-14-8-6-12(7-9-14)16(20)11-13-4-3-5-15(18)17(13)19/h3-9H,2,10-11H2,1H3. The average Bonchev–Trinajstić information content (AvgIpc) is 2.50. The van der Waals surface area contributed by atoms with Gasteiger partial charge in [0.15, 0.2) is 17.4 Å². The second-order valence-electron chi connectivity index (χ2n) is 4.69. The molecule has 0 aromatic heterocycles. The van der Waals surface area contributed by atoms with Gasteiger partial charge in [-0.3, -0.25) is 4.79 Å². The van der Waals surface area contributed by atoms with Crippen LogP contribution in [0.1, 0.15) is 29.3 Å². The monoisotopic (exact) mass is 290 g/mol. The lowest BCUT2D eigenvalue weighted by atomic mass is 10.0. The van der Waals surface area contributed by atoms with Crippen molar-refractivity contribution in [3.05, 3.63) is 65.2 Å². The molecule has 0 radical (unpaired) electrons. The van der Waals surface area contributed by atoms with Crippen LogP contribution in [0.4, 0.5) is 8.78 Å². The Morgan fingerprint density at radius 3 is 2.48 bits per heavy atom. The maximum absolute atomic E-state index is 13.5. The minimum Gasteiger partial charge on any atom is -0.494 e. The molecule has 0 N–H and O–H groups in total. The summed E-state index contributed by atoms with van der Waals surface area (Å²) in [6.07, 6.45) is 0.734. The molecule has 0 fully saturated rings. The van der Waals surface area contributed by atoms with Crippen molar-refractivity contribution in [3.63, 3.8) is 0 Å². The van der Waals surface area contributed by atoms with Gasteiger partial charge in [-0.1, -0.05) is 19.1 Å². The minimum absolute atomic E-state index is 0.0614. The highest BCUT2D eigenvalue weighted by molar-refractivity contribution is 5.97. The molecule has 2 aromatic rings. The van der Waals surface area contributed by atoms with Gasteiger partial charge in [0.1, 0.15) is 5.75 Å². The fourth-order valence-corrected chi connectivity index (χ4v) is 1.92. The lowest BCUT2D eigenvalue weighted by molar-refractivity contribution is 0.0991. The third kappa shape index (κ3) is 3.88. The summed E-state index contributed by atoms with van der Waals surface area (Å²) in [7, 11) is 0. The van der Waals surface area contributed by atoms with Gasteiger partial charge in [-0.15, -0.1) is 0 Å². The van der Waals surface area contributed by atoms with Crippen LogP contribution in [-0.2, 0) is 6.42 Å². The van der Waals surface area contributed by atoms with Crippen LogP contribution < -0.4 is 4.74 Å². The van der Waals surface area contributed by atoms with Gasteiger partial charge in [0.2, 0.25) is 0 Å². The summed E-state index contributed by atoms with van der Waals surface area (Å²) < 4.78 is 32.1. The maximum atomic E-state index is 13.5. The molecule has 2 nitrogen and oxygen atoms in total. The van der Waals surface area contributed by atoms with E-state index < -0.39 is 11.6 Å². The van der Waals surface area contributed by atoms with E-state index in [0.29, 0.717) is 17.9 Å². The van der Waals surface area contributed by atoms with Gasteiger partial charge >= 0.3 is 0 Å². The number of benzene rings is 2. The van der Waals surface area contributed by atoms with Crippen molar-refractivity contribution in [2.45, 2.75) is 19.8 Å². The molecule has 0 bridgehead atoms. The van der Waals surface area contributed by atoms with Gasteiger partial charge < -0.3 is 4.74 Å². The zero-order valence-electron chi connectivity index (χ0n) is 11.7. The molecule has 110 valence electrons. The Labute approximate surface area is 122 Å². The molecule has 0 aliphatic rings. The zero-order chi connectivity index (χ0) is 15.2. The third-order valence-electron chi connectivity index (χ3n) is 3.03. The molecule has 0 heterocycles. The molecule has 0 amide bonds. The number of carbonyl (C=O) groups is 1. The van der Waals surface area contributed by atoms with E-state index in [1.54, 1.807) is 24.3 Å². The molecule has 4 heteroatoms. The second kappa shape index (κ2) is 6.97. The molecular formula is C17H16F2O2. The molecule has 0 atom stereocenters. The molecule has 0 saturated carbocycles. The van der Waals surface area contributed by atoms with Crippen LogP contribution in [0.2, 0.25) is 0 Å². The van der Waals surface area contributed by atoms with Crippen molar-refractivity contribution < 1.29 is 18.3 Å². The Kier molecular flexibility index (Phi) is 5.04. The largest absolute Gasteiger partial charge is 0.494 e. The predicted molar refractivity (Wildman–Crippen MR) is 76.6 cm³/mol. The summed E-state index contributed by atoms with van der Waals surface area (Å²) in [6, 6.07) is 10.5. The van der Waals surface area contributed by atoms with Gasteiger partial charge in [-0.2, -0.15) is 0 Å². The summed E-state index contributed by atoms with van der Waals surface area (Å²) in [4.78, 5) is 12.1. The molecule has 0 spiro atoms. The average molecular weight is 290 g/mol. The first kappa shape index (κ1) is 15.2. The molecule has 21 heavy (non-hydrogen) atoms. The molecule has 0 saturated heterocycles. The number of hydrogen-bond donors (Lipinski definition) is 0. The molecule has 2 aromatic carbocycles. The first-order valence-corrected chi connectivity index (χ1v) is 6.80. The normalized spacial score (nSPS) is 10.4. The Bertz CT molecular complexity index is 621. The fourth-order valence-electron chi connectivity index (χ4n) is 1.92. The highest BCUT2D eigenvalue weighted by Gasteiger charge is 2.13. The van der Waals surface area contributed by atoms with Crippen LogP contribution in [0.25, 0.3) is 0 Å². The second-order valence-corrected chi connectivity index (χ2v) is 4.69. The Hall–Kier alpha value is -2.23. The van der Waals surface area contributed by atoms with Crippen LogP contribution in [0.5, 0.6) is 5.75 Å². The highest BCUT2D eigenvalue weighted by atomic mass is 19.2. The lowest BCUT2D eigenvalue weighted by Crippen LogP contribution is -2.06. The van der Waals surface area contributed by atoms with Gasteiger partial charge in [0.25, 0.3) is 0 Å². The first-order valence-electron chi connectivity index (χ1n) is 6.80. The summed E-state index contributed by atoms with van der Waals surface area (Å²) in [6.45, 7) is 2.62. The van der Waals surface area contributed by atoms with E-state index in [2.05, 4.69) is 0 Å². The number of Topliss-reactive ketones (excluding diaryl/α,β-unsaturated/α-hetero) is 1. The van der Waals surface area contributed by atoms with Crippen LogP contribution in [-0.4, -0.2) is 12.4 Å². The van der Waals surface area contributed by atoms with Crippen molar-refractivity contribution in [3.8, 4) is 5.75 Å². The van der Waals surface area contributed by atoms with Gasteiger partial charge in [0, 0.05) is 12.0 Å². The summed E-state index contributed by atoms with van der Waals surface area (Å²) >= 11 is 0. The lowest BCUT2D eigenvalue weighted by Gasteiger charge is -2.06. The highest BCUT2D eigenvalue weighted by Crippen LogP contribution is 2.17. The summed E-state index contributed by atoms with van der Waals surface area (Å²) in [5, 5.41) is 0. The summed E-state index contributed by atoms with van der Waals surface area (Å²) in [5.41, 5.74) is 0.508. The number of halogens is 2. The zero-order valence-corrected chi connectivity index (χ0v) is 11.7. The maximum Gasteiger partial charge on any atom is 0.167 e. The van der Waals surface area contributed by atoms with Crippen molar-refractivity contribution in [1.82, 2.24) is 0 Å². The first-order chi connectivity index (χ1) is 10.1. The van der Waals surface area contributed by atoms with E-state index in [0.717, 1.165) is 12.5 Å². The molecule has 0 aliphatic carbocycles. The van der Waals surface area contributed by atoms with E-state index >= 15 is 0 Å². The van der Waals surface area contributed by atoms with E-state index in [1.165, 1.54) is 12.1 Å². The van der Waals surface area contributed by atoms with E-state index in [-0.39, 0.29) is 17.8 Å². The van der Waals surface area contributed by atoms with Crippen molar-refractivity contribution in [2.24, 2.45) is 0 Å². The fraction of sp³-hybridized carbons (Fsp3) is 0.235. The molecular weight excluding hydrogens is 274 g/mol. The van der Waals surface area contributed by atoms with Crippen molar-refractivity contribution in [1.29, 1.82) is 0 Å². The smallest absolute Gasteiger partial charge is 0.167 e. The van der Waals surface area contributed by atoms with Crippen molar-refractivity contribution in [2.75, 3.05) is 6.61 Å². The van der Waals surface area contributed by atoms with Gasteiger partial charge in [0.05, 0.1) is 6.61 Å². The quantitative estimate of drug-likeness (QED) is 0.746. The number of hydrogen-bond acceptors (Lipinski definition) is 2. The van der Waals surface area contributed by atoms with Crippen LogP contribution in [0.15, 0.2) is 42.5 Å². The number of ketones is 1. The topological polar surface area (TPSA) is 26.3 Å². The Morgan fingerprint density at radius 2 is 1.81 bits per heavy atom. The van der Waals surface area contributed by atoms with Crippen LogP contribution in [0.3, 0.4) is 0 Å². The van der Waals surface area contributed by atoms with E-state index in [4.69, 9.17) is 4.74 Å². The number of rotatable bonds is 6. The number of ether oxygens (including phenoxy) is 1. The van der Waals surface area contributed by atoms with E-state index in [1.807, 2.05) is 6.92 Å². The SMILES string of the molecule is CCCOc1ccc(C(=O)Cc2cccc(F)c2F)cc1. The van der Waals surface area contributed by atoms with Crippen LogP contribution >= 0.6 is 0 Å². The van der Waals surface area contributed by atoms with Crippen molar-refractivity contribution >= 4 is 5.78 Å². The molecule has 2 rings (SSSR count). The van der Waals surface area contributed by atoms with Gasteiger partial charge in [-0.05, 0) is 42.3 Å². The molecule has 0 unspecified atom stereocenters. The Morgan fingerprint density at radius 1 is 1.10 bits per heavy atom. The number of carbonyl (C=O) groups excluding carboxylic acids is 1. The van der Waals surface area contributed by atoms with Gasteiger partial charge in [-0.25, -0.2) is 8.78 Å². The predicted octanol–water partition coefficient (Wildman–Crippen LogP) is 4.18. The van der Waals surface area contributed by atoms with E-state index in [9.17, 15) is 13.6 Å². The van der Waals surface area contributed by atoms with Crippen LogP contribution in [0, 0.1) is 11.6 Å².